The van der Waals surface area contributed by atoms with E-state index in [0.29, 0.717) is 24.3 Å². The van der Waals surface area contributed by atoms with Crippen molar-refractivity contribution in [3.05, 3.63) is 53.7 Å². The molecule has 0 fully saturated rings. The summed E-state index contributed by atoms with van der Waals surface area (Å²) in [5, 5.41) is 12.5. The summed E-state index contributed by atoms with van der Waals surface area (Å²) in [6, 6.07) is 7.58. The van der Waals surface area contributed by atoms with Crippen molar-refractivity contribution in [3.8, 4) is 0 Å². The molecule has 2 heterocycles. The van der Waals surface area contributed by atoms with Crippen molar-refractivity contribution in [1.82, 2.24) is 5.32 Å². The van der Waals surface area contributed by atoms with Crippen LogP contribution in [0.1, 0.15) is 30.3 Å². The van der Waals surface area contributed by atoms with Gasteiger partial charge in [-0.1, -0.05) is 0 Å². The third-order valence-electron chi connectivity index (χ3n) is 4.17. The van der Waals surface area contributed by atoms with Crippen LogP contribution in [0.2, 0.25) is 0 Å². The molecule has 3 rings (SSSR count). The van der Waals surface area contributed by atoms with Gasteiger partial charge in [0.1, 0.15) is 17.7 Å². The Morgan fingerprint density at radius 3 is 2.96 bits per heavy atom. The number of anilines is 1. The summed E-state index contributed by atoms with van der Waals surface area (Å²) >= 11 is 0. The topological polar surface area (TPSA) is 82.8 Å². The third-order valence-corrected chi connectivity index (χ3v) is 4.17. The molecular formula is C18H19FN2O4. The highest BCUT2D eigenvalue weighted by Crippen LogP contribution is 2.28. The predicted octanol–water partition coefficient (Wildman–Crippen LogP) is 1.94. The van der Waals surface area contributed by atoms with Crippen molar-refractivity contribution < 1.29 is 23.5 Å². The lowest BCUT2D eigenvalue weighted by Gasteiger charge is -2.29. The number of rotatable bonds is 6. The minimum absolute atomic E-state index is 0.0299. The lowest BCUT2D eigenvalue weighted by atomic mass is 10.0. The van der Waals surface area contributed by atoms with E-state index in [1.807, 2.05) is 0 Å². The van der Waals surface area contributed by atoms with E-state index in [-0.39, 0.29) is 37.1 Å². The number of aliphatic hydroxyl groups is 1. The summed E-state index contributed by atoms with van der Waals surface area (Å²) in [6.07, 6.45) is 1.43. The predicted molar refractivity (Wildman–Crippen MR) is 88.4 cm³/mol. The van der Waals surface area contributed by atoms with Crippen LogP contribution in [0.4, 0.5) is 10.1 Å². The van der Waals surface area contributed by atoms with Gasteiger partial charge in [0, 0.05) is 25.1 Å². The lowest BCUT2D eigenvalue weighted by molar-refractivity contribution is -0.121. The van der Waals surface area contributed by atoms with Gasteiger partial charge in [0.2, 0.25) is 11.8 Å². The molecular weight excluding hydrogens is 327 g/mol. The normalized spacial score (nSPS) is 15.0. The first kappa shape index (κ1) is 17.2. The van der Waals surface area contributed by atoms with E-state index in [1.54, 1.807) is 18.2 Å². The van der Waals surface area contributed by atoms with Crippen LogP contribution in [0.3, 0.4) is 0 Å². The molecule has 0 aliphatic carbocycles. The number of furan rings is 1. The summed E-state index contributed by atoms with van der Waals surface area (Å²) in [5.74, 6) is -0.324. The van der Waals surface area contributed by atoms with E-state index in [2.05, 4.69) is 5.32 Å². The number of benzene rings is 1. The van der Waals surface area contributed by atoms with Crippen molar-refractivity contribution in [1.29, 1.82) is 0 Å². The van der Waals surface area contributed by atoms with Crippen molar-refractivity contribution >= 4 is 17.5 Å². The van der Waals surface area contributed by atoms with Crippen molar-refractivity contribution in [2.24, 2.45) is 0 Å². The maximum absolute atomic E-state index is 13.3. The zero-order valence-electron chi connectivity index (χ0n) is 13.6. The van der Waals surface area contributed by atoms with Crippen LogP contribution in [0.5, 0.6) is 0 Å². The van der Waals surface area contributed by atoms with Gasteiger partial charge in [-0.3, -0.25) is 9.59 Å². The molecule has 1 atom stereocenters. The van der Waals surface area contributed by atoms with E-state index in [0.717, 1.165) is 5.56 Å². The number of fused-ring (bicyclic) bond motifs is 1. The van der Waals surface area contributed by atoms with Crippen LogP contribution in [-0.2, 0) is 16.0 Å². The molecule has 1 aromatic carbocycles. The Kier molecular flexibility index (Phi) is 5.14. The Bertz CT molecular complexity index is 760. The number of aliphatic hydroxyl groups excluding tert-OH is 1. The van der Waals surface area contributed by atoms with Gasteiger partial charge in [0.15, 0.2) is 0 Å². The largest absolute Gasteiger partial charge is 0.467 e. The average molecular weight is 346 g/mol. The molecule has 0 radical (unpaired) electrons. The number of aryl methyl sites for hydroxylation is 1. The molecule has 2 aromatic rings. The van der Waals surface area contributed by atoms with Gasteiger partial charge in [-0.05, 0) is 42.3 Å². The quantitative estimate of drug-likeness (QED) is 0.837. The minimum Gasteiger partial charge on any atom is -0.467 e. The average Bonchev–Trinajstić information content (AvgIpc) is 3.13. The van der Waals surface area contributed by atoms with E-state index < -0.39 is 6.10 Å². The SMILES string of the molecule is O=C(CCN1C(=O)CCc2cc(F)ccc21)NCC(O)c1ccco1. The molecule has 132 valence electrons. The van der Waals surface area contributed by atoms with Crippen molar-refractivity contribution in [3.63, 3.8) is 0 Å². The van der Waals surface area contributed by atoms with Crippen LogP contribution >= 0.6 is 0 Å². The molecule has 1 aliphatic heterocycles. The number of carbonyl (C=O) groups is 2. The Hall–Kier alpha value is -2.67. The summed E-state index contributed by atoms with van der Waals surface area (Å²) in [6.45, 7) is 0.238. The Morgan fingerprint density at radius 2 is 2.20 bits per heavy atom. The molecule has 1 aromatic heterocycles. The van der Waals surface area contributed by atoms with Gasteiger partial charge in [0.05, 0.1) is 12.8 Å². The highest BCUT2D eigenvalue weighted by molar-refractivity contribution is 5.97. The first-order valence-corrected chi connectivity index (χ1v) is 8.11. The summed E-state index contributed by atoms with van der Waals surface area (Å²) < 4.78 is 18.4. The van der Waals surface area contributed by atoms with Crippen molar-refractivity contribution in [2.75, 3.05) is 18.0 Å². The highest BCUT2D eigenvalue weighted by Gasteiger charge is 2.24. The van der Waals surface area contributed by atoms with Crippen molar-refractivity contribution in [2.45, 2.75) is 25.4 Å². The second-order valence-electron chi connectivity index (χ2n) is 5.90. The lowest BCUT2D eigenvalue weighted by Crippen LogP contribution is -2.38. The molecule has 1 aliphatic rings. The minimum atomic E-state index is -0.917. The van der Waals surface area contributed by atoms with Gasteiger partial charge < -0.3 is 19.7 Å². The van der Waals surface area contributed by atoms with Crippen LogP contribution in [0, 0.1) is 5.82 Å². The van der Waals surface area contributed by atoms with Crippen LogP contribution in [0.25, 0.3) is 0 Å². The molecule has 2 amide bonds. The van der Waals surface area contributed by atoms with Crippen LogP contribution in [0.15, 0.2) is 41.0 Å². The molecule has 1 unspecified atom stereocenters. The van der Waals surface area contributed by atoms with Crippen LogP contribution < -0.4 is 10.2 Å². The molecule has 6 nitrogen and oxygen atoms in total. The van der Waals surface area contributed by atoms with Gasteiger partial charge >= 0.3 is 0 Å². The number of amides is 2. The molecule has 7 heteroatoms. The zero-order valence-corrected chi connectivity index (χ0v) is 13.6. The standard InChI is InChI=1S/C18H19FN2O4/c19-13-4-5-14-12(10-13)3-6-18(24)21(14)8-7-17(23)20-11-15(22)16-2-1-9-25-16/h1-2,4-5,9-10,15,22H,3,6-8,11H2,(H,20,23). The molecule has 0 saturated heterocycles. The maximum Gasteiger partial charge on any atom is 0.227 e. The first-order valence-electron chi connectivity index (χ1n) is 8.11. The van der Waals surface area contributed by atoms with Crippen LogP contribution in [-0.4, -0.2) is 30.0 Å². The zero-order chi connectivity index (χ0) is 17.8. The third kappa shape index (κ3) is 4.06. The number of hydrogen-bond donors (Lipinski definition) is 2. The van der Waals surface area contributed by atoms with E-state index in [4.69, 9.17) is 4.42 Å². The molecule has 25 heavy (non-hydrogen) atoms. The maximum atomic E-state index is 13.3. The number of halogens is 1. The van der Waals surface area contributed by atoms with E-state index in [1.165, 1.54) is 23.3 Å². The number of nitrogens with zero attached hydrogens (tertiary/aromatic N) is 1. The van der Waals surface area contributed by atoms with Gasteiger partial charge in [-0.25, -0.2) is 4.39 Å². The second-order valence-corrected chi connectivity index (χ2v) is 5.90. The monoisotopic (exact) mass is 346 g/mol. The summed E-state index contributed by atoms with van der Waals surface area (Å²) in [7, 11) is 0. The Labute approximate surface area is 144 Å². The molecule has 2 N–H and O–H groups in total. The smallest absolute Gasteiger partial charge is 0.227 e. The van der Waals surface area contributed by atoms with Gasteiger partial charge in [-0.2, -0.15) is 0 Å². The second kappa shape index (κ2) is 7.48. The molecule has 0 spiro atoms. The highest BCUT2D eigenvalue weighted by atomic mass is 19.1. The Balaban J connectivity index is 1.54. The number of carbonyl (C=O) groups excluding carboxylic acids is 2. The molecule has 0 bridgehead atoms. The van der Waals surface area contributed by atoms with E-state index in [9.17, 15) is 19.1 Å². The van der Waals surface area contributed by atoms with E-state index >= 15 is 0 Å². The molecule has 0 saturated carbocycles. The number of nitrogens with one attached hydrogen (secondary N) is 1. The van der Waals surface area contributed by atoms with Gasteiger partial charge in [0.25, 0.3) is 0 Å². The fraction of sp³-hybridized carbons (Fsp3) is 0.333. The number of hydrogen-bond acceptors (Lipinski definition) is 4. The van der Waals surface area contributed by atoms with Gasteiger partial charge in [-0.15, -0.1) is 0 Å². The summed E-state index contributed by atoms with van der Waals surface area (Å²) in [5.41, 5.74) is 1.43. The fourth-order valence-electron chi connectivity index (χ4n) is 2.87. The fourth-order valence-corrected chi connectivity index (χ4v) is 2.87. The Morgan fingerprint density at radius 1 is 1.36 bits per heavy atom. The summed E-state index contributed by atoms with van der Waals surface area (Å²) in [4.78, 5) is 25.6. The first-order chi connectivity index (χ1) is 12.0.